The monoisotopic (exact) mass is 409 g/mol. The van der Waals surface area contributed by atoms with Crippen LogP contribution in [0.25, 0.3) is 0 Å². The van der Waals surface area contributed by atoms with Crippen molar-refractivity contribution in [3.63, 3.8) is 0 Å². The zero-order valence-electron chi connectivity index (χ0n) is 14.2. The summed E-state index contributed by atoms with van der Waals surface area (Å²) in [6.45, 7) is 6.38. The summed E-state index contributed by atoms with van der Waals surface area (Å²) < 4.78 is 5.40. The standard InChI is InChI=1S/C17H24ClN3O2.2ClH/c18-15-4-2-14(3-5-15)12-20-7-1-8-21(10-9-20)17(22)16-13-23-11-6-19-16;;/h2-5,16,19H,1,6-13H2;2*1H. The molecule has 1 N–H and O–H groups in total. The van der Waals surface area contributed by atoms with Crippen molar-refractivity contribution < 1.29 is 9.53 Å². The van der Waals surface area contributed by atoms with Crippen molar-refractivity contribution in [1.29, 1.82) is 0 Å². The molecule has 8 heteroatoms. The van der Waals surface area contributed by atoms with E-state index in [1.165, 1.54) is 5.56 Å². The molecular formula is C17H26Cl3N3O2. The maximum absolute atomic E-state index is 12.6. The van der Waals surface area contributed by atoms with Crippen LogP contribution in [0.3, 0.4) is 0 Å². The van der Waals surface area contributed by atoms with Crippen LogP contribution in [-0.2, 0) is 16.1 Å². The van der Waals surface area contributed by atoms with Gasteiger partial charge in [0.15, 0.2) is 0 Å². The molecule has 0 spiro atoms. The quantitative estimate of drug-likeness (QED) is 0.830. The number of halogens is 3. The lowest BCUT2D eigenvalue weighted by Gasteiger charge is -2.29. The largest absolute Gasteiger partial charge is 0.378 e. The molecule has 0 aromatic heterocycles. The zero-order chi connectivity index (χ0) is 16.1. The minimum atomic E-state index is -0.174. The van der Waals surface area contributed by atoms with Crippen LogP contribution in [0, 0.1) is 0 Å². The number of carbonyl (C=O) groups excluding carboxylic acids is 1. The van der Waals surface area contributed by atoms with Crippen molar-refractivity contribution in [2.45, 2.75) is 19.0 Å². The molecule has 25 heavy (non-hydrogen) atoms. The number of nitrogens with one attached hydrogen (secondary N) is 1. The Kier molecular flexibility index (Phi) is 10.1. The normalized spacial score (nSPS) is 21.6. The third-order valence-electron chi connectivity index (χ3n) is 4.44. The Bertz CT molecular complexity index is 524. The highest BCUT2D eigenvalue weighted by Gasteiger charge is 2.27. The molecule has 1 atom stereocenters. The molecule has 1 amide bonds. The first-order chi connectivity index (χ1) is 11.2. The van der Waals surface area contributed by atoms with Crippen molar-refractivity contribution in [3.8, 4) is 0 Å². The molecular weight excluding hydrogens is 385 g/mol. The number of rotatable bonds is 3. The predicted octanol–water partition coefficient (Wildman–Crippen LogP) is 2.21. The lowest BCUT2D eigenvalue weighted by Crippen LogP contribution is -2.53. The van der Waals surface area contributed by atoms with Crippen LogP contribution in [0.1, 0.15) is 12.0 Å². The fourth-order valence-corrected chi connectivity index (χ4v) is 3.27. The fourth-order valence-electron chi connectivity index (χ4n) is 3.14. The summed E-state index contributed by atoms with van der Waals surface area (Å²) in [5, 5.41) is 4.02. The van der Waals surface area contributed by atoms with Gasteiger partial charge in [-0.05, 0) is 24.1 Å². The molecule has 2 saturated heterocycles. The molecule has 0 radical (unpaired) electrons. The Morgan fingerprint density at radius 2 is 1.92 bits per heavy atom. The van der Waals surface area contributed by atoms with E-state index in [4.69, 9.17) is 16.3 Å². The van der Waals surface area contributed by atoms with E-state index in [1.54, 1.807) is 0 Å². The summed E-state index contributed by atoms with van der Waals surface area (Å²) in [6.07, 6.45) is 1.01. The number of nitrogens with zero attached hydrogens (tertiary/aromatic N) is 2. The smallest absolute Gasteiger partial charge is 0.242 e. The second-order valence-corrected chi connectivity index (χ2v) is 6.60. The molecule has 0 bridgehead atoms. The molecule has 1 unspecified atom stereocenters. The maximum Gasteiger partial charge on any atom is 0.242 e. The number of hydrogen-bond acceptors (Lipinski definition) is 4. The molecule has 142 valence electrons. The van der Waals surface area contributed by atoms with E-state index in [9.17, 15) is 4.79 Å². The molecule has 0 saturated carbocycles. The van der Waals surface area contributed by atoms with Crippen LogP contribution in [0.5, 0.6) is 0 Å². The van der Waals surface area contributed by atoms with Gasteiger partial charge >= 0.3 is 0 Å². The zero-order valence-corrected chi connectivity index (χ0v) is 16.5. The Hall–Kier alpha value is -0.560. The van der Waals surface area contributed by atoms with Crippen LogP contribution in [-0.4, -0.2) is 67.7 Å². The topological polar surface area (TPSA) is 44.8 Å². The highest BCUT2D eigenvalue weighted by atomic mass is 35.5. The molecule has 2 aliphatic heterocycles. The van der Waals surface area contributed by atoms with Gasteiger partial charge in [-0.2, -0.15) is 0 Å². The molecule has 3 rings (SSSR count). The molecule has 2 fully saturated rings. The SMILES string of the molecule is Cl.Cl.O=C(C1COCCN1)N1CCCN(Cc2ccc(Cl)cc2)CC1. The van der Waals surface area contributed by atoms with Gasteiger partial charge in [-0.3, -0.25) is 9.69 Å². The number of carbonyl (C=O) groups is 1. The van der Waals surface area contributed by atoms with Gasteiger partial charge in [0.1, 0.15) is 6.04 Å². The summed E-state index contributed by atoms with van der Waals surface area (Å²) in [5.74, 6) is 0.179. The third kappa shape index (κ3) is 6.59. The van der Waals surface area contributed by atoms with Gasteiger partial charge in [0.05, 0.1) is 13.2 Å². The van der Waals surface area contributed by atoms with Gasteiger partial charge in [0.2, 0.25) is 5.91 Å². The van der Waals surface area contributed by atoms with Crippen molar-refractivity contribution in [2.75, 3.05) is 45.9 Å². The first-order valence-electron chi connectivity index (χ1n) is 8.29. The van der Waals surface area contributed by atoms with E-state index < -0.39 is 0 Å². The van der Waals surface area contributed by atoms with Crippen LogP contribution >= 0.6 is 36.4 Å². The van der Waals surface area contributed by atoms with Gasteiger partial charge in [0, 0.05) is 44.3 Å². The lowest BCUT2D eigenvalue weighted by atomic mass is 10.2. The second-order valence-electron chi connectivity index (χ2n) is 6.16. The molecule has 0 aliphatic carbocycles. The van der Waals surface area contributed by atoms with E-state index in [1.807, 2.05) is 17.0 Å². The van der Waals surface area contributed by atoms with Gasteiger partial charge in [-0.1, -0.05) is 23.7 Å². The van der Waals surface area contributed by atoms with Crippen LogP contribution in [0.4, 0.5) is 0 Å². The van der Waals surface area contributed by atoms with Crippen molar-refractivity contribution in [3.05, 3.63) is 34.9 Å². The Labute approximate surface area is 166 Å². The number of ether oxygens (including phenoxy) is 1. The lowest BCUT2D eigenvalue weighted by molar-refractivity contribution is -0.136. The highest BCUT2D eigenvalue weighted by Crippen LogP contribution is 2.13. The highest BCUT2D eigenvalue weighted by molar-refractivity contribution is 6.30. The van der Waals surface area contributed by atoms with Gasteiger partial charge < -0.3 is 15.0 Å². The first kappa shape index (κ1) is 22.5. The molecule has 5 nitrogen and oxygen atoms in total. The second kappa shape index (κ2) is 11.2. The summed E-state index contributed by atoms with van der Waals surface area (Å²) in [4.78, 5) is 16.9. The van der Waals surface area contributed by atoms with E-state index in [2.05, 4.69) is 22.3 Å². The number of hydrogen-bond donors (Lipinski definition) is 1. The maximum atomic E-state index is 12.6. The van der Waals surface area contributed by atoms with Crippen molar-refractivity contribution in [1.82, 2.24) is 15.1 Å². The fraction of sp³-hybridized carbons (Fsp3) is 0.588. The first-order valence-corrected chi connectivity index (χ1v) is 8.67. The minimum absolute atomic E-state index is 0. The Balaban J connectivity index is 0.00000156. The summed E-state index contributed by atoms with van der Waals surface area (Å²) in [5.41, 5.74) is 1.26. The average molecular weight is 411 g/mol. The summed E-state index contributed by atoms with van der Waals surface area (Å²) >= 11 is 5.93. The Morgan fingerprint density at radius 3 is 2.60 bits per heavy atom. The minimum Gasteiger partial charge on any atom is -0.378 e. The van der Waals surface area contributed by atoms with Crippen LogP contribution < -0.4 is 5.32 Å². The van der Waals surface area contributed by atoms with E-state index >= 15 is 0 Å². The molecule has 2 heterocycles. The van der Waals surface area contributed by atoms with E-state index in [-0.39, 0.29) is 36.8 Å². The predicted molar refractivity (Wildman–Crippen MR) is 105 cm³/mol. The van der Waals surface area contributed by atoms with Crippen LogP contribution in [0.2, 0.25) is 5.02 Å². The van der Waals surface area contributed by atoms with Crippen molar-refractivity contribution in [2.24, 2.45) is 0 Å². The van der Waals surface area contributed by atoms with Crippen LogP contribution in [0.15, 0.2) is 24.3 Å². The number of morpholine rings is 1. The summed E-state index contributed by atoms with van der Waals surface area (Å²) in [7, 11) is 0. The molecule has 1 aromatic carbocycles. The molecule has 1 aromatic rings. The third-order valence-corrected chi connectivity index (χ3v) is 4.69. The van der Waals surface area contributed by atoms with E-state index in [0.717, 1.165) is 50.7 Å². The molecule has 2 aliphatic rings. The summed E-state index contributed by atoms with van der Waals surface area (Å²) in [6, 6.07) is 7.82. The average Bonchev–Trinajstić information content (AvgIpc) is 2.83. The van der Waals surface area contributed by atoms with Crippen molar-refractivity contribution >= 4 is 42.3 Å². The van der Waals surface area contributed by atoms with E-state index in [0.29, 0.717) is 13.2 Å². The number of benzene rings is 1. The Morgan fingerprint density at radius 1 is 1.16 bits per heavy atom. The van der Waals surface area contributed by atoms with Gasteiger partial charge in [0.25, 0.3) is 0 Å². The van der Waals surface area contributed by atoms with Gasteiger partial charge in [-0.25, -0.2) is 0 Å². The number of amides is 1. The van der Waals surface area contributed by atoms with Gasteiger partial charge in [-0.15, -0.1) is 24.8 Å².